The Kier molecular flexibility index (Phi) is 4.43. The van der Waals surface area contributed by atoms with E-state index in [1.807, 2.05) is 30.3 Å². The van der Waals surface area contributed by atoms with Crippen molar-refractivity contribution in [3.8, 4) is 5.69 Å². The van der Waals surface area contributed by atoms with E-state index in [9.17, 15) is 9.18 Å². The van der Waals surface area contributed by atoms with Gasteiger partial charge in [0.1, 0.15) is 11.6 Å². The Hall–Kier alpha value is -2.60. The van der Waals surface area contributed by atoms with Gasteiger partial charge in [0.15, 0.2) is 5.16 Å². The van der Waals surface area contributed by atoms with Crippen molar-refractivity contribution in [2.75, 3.05) is 5.73 Å². The monoisotopic (exact) mass is 327 g/mol. The Labute approximate surface area is 136 Å². The van der Waals surface area contributed by atoms with Gasteiger partial charge in [-0.05, 0) is 29.8 Å². The highest BCUT2D eigenvalue weighted by molar-refractivity contribution is 7.98. The lowest BCUT2D eigenvalue weighted by Gasteiger charge is -2.14. The van der Waals surface area contributed by atoms with Crippen LogP contribution >= 0.6 is 11.8 Å². The highest BCUT2D eigenvalue weighted by atomic mass is 32.2. The summed E-state index contributed by atoms with van der Waals surface area (Å²) in [6, 6.07) is 17.0. The van der Waals surface area contributed by atoms with Crippen LogP contribution in [0.3, 0.4) is 0 Å². The molecule has 3 rings (SSSR count). The average Bonchev–Trinajstić information content (AvgIpc) is 2.55. The van der Waals surface area contributed by atoms with Crippen LogP contribution in [-0.4, -0.2) is 9.55 Å². The molecule has 2 N–H and O–H groups in total. The van der Waals surface area contributed by atoms with Gasteiger partial charge in [0.25, 0.3) is 5.56 Å². The molecular weight excluding hydrogens is 313 g/mol. The van der Waals surface area contributed by atoms with Gasteiger partial charge in [-0.2, -0.15) is 4.98 Å². The quantitative estimate of drug-likeness (QED) is 0.590. The smallest absolute Gasteiger partial charge is 0.275 e. The van der Waals surface area contributed by atoms with Gasteiger partial charge in [0.05, 0.1) is 0 Å². The molecule has 2 aromatic carbocycles. The van der Waals surface area contributed by atoms with Gasteiger partial charge in [-0.3, -0.25) is 9.36 Å². The molecule has 0 aliphatic carbocycles. The largest absolute Gasteiger partial charge is 0.385 e. The maximum Gasteiger partial charge on any atom is 0.275 e. The molecule has 0 aliphatic heterocycles. The van der Waals surface area contributed by atoms with E-state index < -0.39 is 5.56 Å². The average molecular weight is 327 g/mol. The summed E-state index contributed by atoms with van der Waals surface area (Å²) in [5.41, 5.74) is 7.36. The number of hydrogen-bond acceptors (Lipinski definition) is 4. The van der Waals surface area contributed by atoms with Gasteiger partial charge in [-0.25, -0.2) is 4.39 Å². The van der Waals surface area contributed by atoms with E-state index in [0.717, 1.165) is 5.56 Å². The van der Waals surface area contributed by atoms with E-state index in [4.69, 9.17) is 5.73 Å². The maximum absolute atomic E-state index is 13.1. The molecule has 0 amide bonds. The van der Waals surface area contributed by atoms with Crippen LogP contribution in [0.25, 0.3) is 5.69 Å². The highest BCUT2D eigenvalue weighted by Gasteiger charge is 2.11. The Morgan fingerprint density at radius 3 is 2.48 bits per heavy atom. The van der Waals surface area contributed by atoms with E-state index in [1.54, 1.807) is 16.7 Å². The summed E-state index contributed by atoms with van der Waals surface area (Å²) in [5.74, 6) is 0.588. The van der Waals surface area contributed by atoms with E-state index in [-0.39, 0.29) is 11.6 Å². The van der Waals surface area contributed by atoms with Crippen molar-refractivity contribution in [1.82, 2.24) is 9.55 Å². The third-order valence-corrected chi connectivity index (χ3v) is 4.23. The minimum absolute atomic E-state index is 0.271. The number of nitrogens with two attached hydrogens (primary N) is 1. The van der Waals surface area contributed by atoms with Gasteiger partial charge < -0.3 is 5.73 Å². The van der Waals surface area contributed by atoms with Crippen molar-refractivity contribution < 1.29 is 4.39 Å². The lowest BCUT2D eigenvalue weighted by atomic mass is 10.2. The summed E-state index contributed by atoms with van der Waals surface area (Å²) in [5, 5.41) is 0.477. The lowest BCUT2D eigenvalue weighted by molar-refractivity contribution is 0.627. The van der Waals surface area contributed by atoms with E-state index in [1.165, 1.54) is 30.0 Å². The fourth-order valence-electron chi connectivity index (χ4n) is 2.15. The van der Waals surface area contributed by atoms with Crippen LogP contribution in [0.5, 0.6) is 0 Å². The van der Waals surface area contributed by atoms with Crippen molar-refractivity contribution in [2.45, 2.75) is 10.9 Å². The van der Waals surface area contributed by atoms with Crippen molar-refractivity contribution >= 4 is 17.6 Å². The van der Waals surface area contributed by atoms with Crippen molar-refractivity contribution in [3.05, 3.63) is 82.4 Å². The molecule has 0 aliphatic rings. The molecule has 1 heterocycles. The molecule has 1 aromatic heterocycles. The first kappa shape index (κ1) is 15.3. The second kappa shape index (κ2) is 6.66. The number of benzene rings is 2. The standard InChI is InChI=1S/C17H14FN3OS/c18-13-6-8-14(9-7-13)21-15(19)10-16(22)20-17(21)23-11-12-4-2-1-3-5-12/h1-10H,11,19H2. The number of rotatable bonds is 4. The molecule has 4 nitrogen and oxygen atoms in total. The minimum atomic E-state index is -0.392. The van der Waals surface area contributed by atoms with Gasteiger partial charge in [0.2, 0.25) is 0 Å². The molecule has 0 saturated carbocycles. The zero-order chi connectivity index (χ0) is 16.2. The SMILES string of the molecule is Nc1cc(=O)nc(SCc2ccccc2)n1-c1ccc(F)cc1. The number of aromatic nitrogens is 2. The Bertz CT molecular complexity index is 863. The normalized spacial score (nSPS) is 10.7. The fourth-order valence-corrected chi connectivity index (χ4v) is 3.13. The Balaban J connectivity index is 1.98. The summed E-state index contributed by atoms with van der Waals surface area (Å²) in [6.45, 7) is 0. The van der Waals surface area contributed by atoms with Crippen molar-refractivity contribution in [2.24, 2.45) is 0 Å². The minimum Gasteiger partial charge on any atom is -0.385 e. The summed E-state index contributed by atoms with van der Waals surface area (Å²) < 4.78 is 14.8. The zero-order valence-corrected chi connectivity index (χ0v) is 13.0. The van der Waals surface area contributed by atoms with Crippen LogP contribution < -0.4 is 11.3 Å². The molecule has 0 spiro atoms. The van der Waals surface area contributed by atoms with E-state index in [2.05, 4.69) is 4.98 Å². The molecule has 0 unspecified atom stereocenters. The summed E-state index contributed by atoms with van der Waals surface area (Å²) >= 11 is 1.41. The predicted molar refractivity (Wildman–Crippen MR) is 90.2 cm³/mol. The number of hydrogen-bond donors (Lipinski definition) is 1. The number of halogens is 1. The fraction of sp³-hybridized carbons (Fsp3) is 0.0588. The van der Waals surface area contributed by atoms with Crippen LogP contribution in [0.1, 0.15) is 5.56 Å². The van der Waals surface area contributed by atoms with Crippen LogP contribution in [0.4, 0.5) is 10.2 Å². The van der Waals surface area contributed by atoms with E-state index >= 15 is 0 Å². The first-order valence-corrected chi connectivity index (χ1v) is 7.94. The number of thioether (sulfide) groups is 1. The molecule has 0 bridgehead atoms. The molecule has 116 valence electrons. The lowest BCUT2D eigenvalue weighted by Crippen LogP contribution is -2.16. The van der Waals surface area contributed by atoms with Crippen LogP contribution in [-0.2, 0) is 5.75 Å². The zero-order valence-electron chi connectivity index (χ0n) is 12.1. The maximum atomic E-state index is 13.1. The molecule has 23 heavy (non-hydrogen) atoms. The predicted octanol–water partition coefficient (Wildman–Crippen LogP) is 3.25. The first-order chi connectivity index (χ1) is 11.1. The van der Waals surface area contributed by atoms with Crippen molar-refractivity contribution in [1.29, 1.82) is 0 Å². The summed E-state index contributed by atoms with van der Waals surface area (Å²) in [4.78, 5) is 15.7. The van der Waals surface area contributed by atoms with Crippen LogP contribution in [0.2, 0.25) is 0 Å². The molecule has 0 fully saturated rings. The van der Waals surface area contributed by atoms with Gasteiger partial charge >= 0.3 is 0 Å². The Morgan fingerprint density at radius 1 is 1.09 bits per heavy atom. The second-order valence-electron chi connectivity index (χ2n) is 4.89. The van der Waals surface area contributed by atoms with Gasteiger partial charge in [0, 0.05) is 17.5 Å². The molecule has 0 saturated heterocycles. The van der Waals surface area contributed by atoms with Gasteiger partial charge in [-0.1, -0.05) is 42.1 Å². The van der Waals surface area contributed by atoms with Gasteiger partial charge in [-0.15, -0.1) is 0 Å². The number of nitrogens with zero attached hydrogens (tertiary/aromatic N) is 2. The number of nitrogen functional groups attached to an aromatic ring is 1. The molecule has 6 heteroatoms. The van der Waals surface area contributed by atoms with Crippen molar-refractivity contribution in [3.63, 3.8) is 0 Å². The topological polar surface area (TPSA) is 60.9 Å². The number of anilines is 1. The Morgan fingerprint density at radius 2 is 1.78 bits per heavy atom. The second-order valence-corrected chi connectivity index (χ2v) is 5.83. The highest BCUT2D eigenvalue weighted by Crippen LogP contribution is 2.25. The third kappa shape index (κ3) is 3.60. The first-order valence-electron chi connectivity index (χ1n) is 6.96. The van der Waals surface area contributed by atoms with Crippen LogP contribution in [0.15, 0.2) is 70.6 Å². The molecule has 3 aromatic rings. The summed E-state index contributed by atoms with van der Waals surface area (Å²) in [6.07, 6.45) is 0. The van der Waals surface area contributed by atoms with Crippen LogP contribution in [0, 0.1) is 5.82 Å². The molecular formula is C17H14FN3OS. The molecule has 0 radical (unpaired) electrons. The molecule has 0 atom stereocenters. The van der Waals surface area contributed by atoms with E-state index in [0.29, 0.717) is 16.6 Å². The third-order valence-electron chi connectivity index (χ3n) is 3.22. The summed E-state index contributed by atoms with van der Waals surface area (Å²) in [7, 11) is 0.